The molecule has 6 heteroatoms. The number of nitrogens with zero attached hydrogens (tertiary/aromatic N) is 4. The highest BCUT2D eigenvalue weighted by molar-refractivity contribution is 5.17. The molecular formula is C9H12N6. The number of aryl methyl sites for hydroxylation is 1. The Morgan fingerprint density at radius 2 is 2.20 bits per heavy atom. The van der Waals surface area contributed by atoms with Gasteiger partial charge in [0.05, 0.1) is 30.1 Å². The third kappa shape index (κ3) is 1.85. The van der Waals surface area contributed by atoms with Crippen molar-refractivity contribution in [1.82, 2.24) is 24.9 Å². The molecule has 0 saturated heterocycles. The third-order valence-electron chi connectivity index (χ3n) is 2.20. The molecule has 0 spiro atoms. The molecule has 2 rings (SSSR count). The molecule has 6 nitrogen and oxygen atoms in total. The molecule has 2 aromatic heterocycles. The van der Waals surface area contributed by atoms with Crippen LogP contribution in [0.2, 0.25) is 0 Å². The number of rotatable bonds is 3. The molecule has 78 valence electrons. The number of hydrogen-bond acceptors (Lipinski definition) is 5. The van der Waals surface area contributed by atoms with E-state index in [0.29, 0.717) is 0 Å². The van der Waals surface area contributed by atoms with E-state index in [2.05, 4.69) is 20.4 Å². The Morgan fingerprint density at radius 3 is 2.73 bits per heavy atom. The van der Waals surface area contributed by atoms with Gasteiger partial charge >= 0.3 is 0 Å². The standard InChI is InChI=1S/C9H12N6/c1-15-6-12-5-8(15)9(14-10)7-4-11-2-3-13-7/h2-6,9,14H,10H2,1H3. The molecule has 2 aromatic rings. The van der Waals surface area contributed by atoms with E-state index in [1.165, 1.54) is 0 Å². The second kappa shape index (κ2) is 4.16. The van der Waals surface area contributed by atoms with Crippen molar-refractivity contribution in [3.63, 3.8) is 0 Å². The quantitative estimate of drug-likeness (QED) is 0.533. The van der Waals surface area contributed by atoms with Crippen molar-refractivity contribution < 1.29 is 0 Å². The van der Waals surface area contributed by atoms with E-state index in [0.717, 1.165) is 11.4 Å². The van der Waals surface area contributed by atoms with Gasteiger partial charge in [-0.05, 0) is 0 Å². The summed E-state index contributed by atoms with van der Waals surface area (Å²) in [7, 11) is 1.91. The second-order valence-corrected chi connectivity index (χ2v) is 3.16. The number of nitrogens with one attached hydrogen (secondary N) is 1. The average molecular weight is 204 g/mol. The number of nitrogens with two attached hydrogens (primary N) is 1. The van der Waals surface area contributed by atoms with Crippen molar-refractivity contribution in [2.45, 2.75) is 6.04 Å². The lowest BCUT2D eigenvalue weighted by Gasteiger charge is -2.14. The molecule has 1 atom stereocenters. The zero-order valence-corrected chi connectivity index (χ0v) is 8.33. The van der Waals surface area contributed by atoms with Crippen LogP contribution in [0.3, 0.4) is 0 Å². The zero-order chi connectivity index (χ0) is 10.7. The van der Waals surface area contributed by atoms with Crippen LogP contribution in [-0.4, -0.2) is 19.5 Å². The van der Waals surface area contributed by atoms with E-state index >= 15 is 0 Å². The van der Waals surface area contributed by atoms with Gasteiger partial charge in [-0.25, -0.2) is 10.4 Å². The first-order chi connectivity index (χ1) is 7.33. The first-order valence-electron chi connectivity index (χ1n) is 4.51. The van der Waals surface area contributed by atoms with Crippen LogP contribution in [0, 0.1) is 0 Å². The second-order valence-electron chi connectivity index (χ2n) is 3.16. The average Bonchev–Trinajstić information content (AvgIpc) is 2.68. The van der Waals surface area contributed by atoms with Gasteiger partial charge in [-0.1, -0.05) is 0 Å². The summed E-state index contributed by atoms with van der Waals surface area (Å²) >= 11 is 0. The molecule has 0 amide bonds. The first-order valence-corrected chi connectivity index (χ1v) is 4.51. The highest BCUT2D eigenvalue weighted by Crippen LogP contribution is 2.16. The summed E-state index contributed by atoms with van der Waals surface area (Å²) in [4.78, 5) is 12.2. The van der Waals surface area contributed by atoms with Crippen LogP contribution in [0.4, 0.5) is 0 Å². The van der Waals surface area contributed by atoms with Crippen LogP contribution >= 0.6 is 0 Å². The molecule has 1 unspecified atom stereocenters. The summed E-state index contributed by atoms with van der Waals surface area (Å²) < 4.78 is 1.89. The van der Waals surface area contributed by atoms with E-state index in [1.54, 1.807) is 31.1 Å². The third-order valence-corrected chi connectivity index (χ3v) is 2.20. The Morgan fingerprint density at radius 1 is 1.33 bits per heavy atom. The Bertz CT molecular complexity index is 423. The molecule has 0 aliphatic carbocycles. The number of hydrazine groups is 1. The lowest BCUT2D eigenvalue weighted by molar-refractivity contribution is 0.581. The van der Waals surface area contributed by atoms with Crippen molar-refractivity contribution in [3.05, 3.63) is 42.5 Å². The van der Waals surface area contributed by atoms with Crippen molar-refractivity contribution in [3.8, 4) is 0 Å². The van der Waals surface area contributed by atoms with Gasteiger partial charge in [-0.3, -0.25) is 15.8 Å². The predicted octanol–water partition coefficient (Wildman–Crippen LogP) is -0.237. The fourth-order valence-corrected chi connectivity index (χ4v) is 1.43. The van der Waals surface area contributed by atoms with Gasteiger partial charge < -0.3 is 4.57 Å². The summed E-state index contributed by atoms with van der Waals surface area (Å²) in [5, 5.41) is 0. The van der Waals surface area contributed by atoms with Crippen LogP contribution in [-0.2, 0) is 7.05 Å². The van der Waals surface area contributed by atoms with Gasteiger partial charge in [0, 0.05) is 19.4 Å². The molecular weight excluding hydrogens is 192 g/mol. The van der Waals surface area contributed by atoms with Crippen LogP contribution in [0.15, 0.2) is 31.1 Å². The highest BCUT2D eigenvalue weighted by Gasteiger charge is 2.16. The minimum atomic E-state index is -0.189. The topological polar surface area (TPSA) is 81.7 Å². The molecule has 0 fully saturated rings. The molecule has 0 aromatic carbocycles. The molecule has 0 saturated carbocycles. The van der Waals surface area contributed by atoms with Crippen molar-refractivity contribution in [2.75, 3.05) is 0 Å². The largest absolute Gasteiger partial charge is 0.336 e. The molecule has 2 heterocycles. The molecule has 15 heavy (non-hydrogen) atoms. The van der Waals surface area contributed by atoms with Gasteiger partial charge in [0.1, 0.15) is 6.04 Å². The van der Waals surface area contributed by atoms with Crippen LogP contribution in [0.1, 0.15) is 17.4 Å². The maximum absolute atomic E-state index is 5.51. The Labute approximate surface area is 87.2 Å². The van der Waals surface area contributed by atoms with Crippen molar-refractivity contribution in [2.24, 2.45) is 12.9 Å². The first kappa shape index (κ1) is 9.75. The van der Waals surface area contributed by atoms with Gasteiger partial charge in [0.25, 0.3) is 0 Å². The summed E-state index contributed by atoms with van der Waals surface area (Å²) in [5.74, 6) is 5.51. The van der Waals surface area contributed by atoms with E-state index in [-0.39, 0.29) is 6.04 Å². The molecule has 0 radical (unpaired) electrons. The van der Waals surface area contributed by atoms with Crippen LogP contribution < -0.4 is 11.3 Å². The molecule has 0 aliphatic rings. The predicted molar refractivity (Wildman–Crippen MR) is 54.4 cm³/mol. The smallest absolute Gasteiger partial charge is 0.106 e. The van der Waals surface area contributed by atoms with Crippen LogP contribution in [0.5, 0.6) is 0 Å². The number of hydrogen-bond donors (Lipinski definition) is 2. The monoisotopic (exact) mass is 204 g/mol. The molecule has 3 N–H and O–H groups in total. The Kier molecular flexibility index (Phi) is 2.70. The van der Waals surface area contributed by atoms with Crippen molar-refractivity contribution >= 4 is 0 Å². The van der Waals surface area contributed by atoms with Crippen molar-refractivity contribution in [1.29, 1.82) is 0 Å². The highest BCUT2D eigenvalue weighted by atomic mass is 15.3. The minimum Gasteiger partial charge on any atom is -0.336 e. The maximum atomic E-state index is 5.51. The fraction of sp³-hybridized carbons (Fsp3) is 0.222. The summed E-state index contributed by atoms with van der Waals surface area (Å²) in [6.07, 6.45) is 8.41. The van der Waals surface area contributed by atoms with Gasteiger partial charge in [-0.15, -0.1) is 0 Å². The Hall–Kier alpha value is -1.79. The lowest BCUT2D eigenvalue weighted by atomic mass is 10.1. The molecule has 0 aliphatic heterocycles. The normalized spacial score (nSPS) is 12.7. The van der Waals surface area contributed by atoms with E-state index in [1.807, 2.05) is 11.6 Å². The van der Waals surface area contributed by atoms with Gasteiger partial charge in [-0.2, -0.15) is 0 Å². The van der Waals surface area contributed by atoms with Gasteiger partial charge in [0.2, 0.25) is 0 Å². The number of imidazole rings is 1. The fourth-order valence-electron chi connectivity index (χ4n) is 1.43. The SMILES string of the molecule is Cn1cncc1C(NN)c1cnccn1. The van der Waals surface area contributed by atoms with E-state index < -0.39 is 0 Å². The maximum Gasteiger partial charge on any atom is 0.106 e. The van der Waals surface area contributed by atoms with Crippen LogP contribution in [0.25, 0.3) is 0 Å². The minimum absolute atomic E-state index is 0.189. The Balaban J connectivity index is 2.37. The van der Waals surface area contributed by atoms with E-state index in [4.69, 9.17) is 5.84 Å². The summed E-state index contributed by atoms with van der Waals surface area (Å²) in [5.41, 5.74) is 4.41. The van der Waals surface area contributed by atoms with Gasteiger partial charge in [0.15, 0.2) is 0 Å². The lowest BCUT2D eigenvalue weighted by Crippen LogP contribution is -2.30. The summed E-state index contributed by atoms with van der Waals surface area (Å²) in [6.45, 7) is 0. The zero-order valence-electron chi connectivity index (χ0n) is 8.33. The summed E-state index contributed by atoms with van der Waals surface area (Å²) in [6, 6.07) is -0.189. The number of aromatic nitrogens is 4. The van der Waals surface area contributed by atoms with E-state index in [9.17, 15) is 0 Å². The molecule has 0 bridgehead atoms.